The minimum Gasteiger partial charge on any atom is -0.412 e. The van der Waals surface area contributed by atoms with Crippen LogP contribution in [0.2, 0.25) is 0 Å². The number of carbonyl (C=O) groups excluding carboxylic acids is 1. The van der Waals surface area contributed by atoms with E-state index in [1.54, 1.807) is 0 Å². The second kappa shape index (κ2) is 6.04. The molecule has 1 N–H and O–H groups in total. The lowest BCUT2D eigenvalue weighted by Crippen LogP contribution is -2.12. The molecule has 0 saturated carbocycles. The minimum atomic E-state index is -0.417. The molecular weight excluding hydrogens is 290 g/mol. The fraction of sp³-hybridized carbons (Fsp3) is 0.167. The molecule has 1 aromatic heterocycles. The highest BCUT2D eigenvalue weighted by Gasteiger charge is 2.16. The SMILES string of the molecule is Cc1ccc(-c2nnc(C(=O)Nc3ccc(C)c(C)c3)o2)cc1. The summed E-state index contributed by atoms with van der Waals surface area (Å²) in [4.78, 5) is 12.2. The van der Waals surface area contributed by atoms with Gasteiger partial charge in [0.15, 0.2) is 0 Å². The summed E-state index contributed by atoms with van der Waals surface area (Å²) in [5.41, 5.74) is 4.90. The molecule has 5 heteroatoms. The number of anilines is 1. The fourth-order valence-corrected chi connectivity index (χ4v) is 2.13. The number of nitrogens with zero attached hydrogens (tertiary/aromatic N) is 2. The van der Waals surface area contributed by atoms with Crippen molar-refractivity contribution in [1.29, 1.82) is 0 Å². The van der Waals surface area contributed by atoms with E-state index in [-0.39, 0.29) is 5.89 Å². The Kier molecular flexibility index (Phi) is 3.93. The first-order valence-electron chi connectivity index (χ1n) is 7.32. The smallest absolute Gasteiger partial charge is 0.313 e. The van der Waals surface area contributed by atoms with Gasteiger partial charge >= 0.3 is 11.8 Å². The molecule has 3 aromatic rings. The Balaban J connectivity index is 1.78. The van der Waals surface area contributed by atoms with E-state index in [4.69, 9.17) is 4.42 Å². The van der Waals surface area contributed by atoms with Crippen molar-refractivity contribution in [3.63, 3.8) is 0 Å². The van der Waals surface area contributed by atoms with Gasteiger partial charge in [-0.2, -0.15) is 0 Å². The first-order chi connectivity index (χ1) is 11.0. The van der Waals surface area contributed by atoms with Crippen LogP contribution in [0.5, 0.6) is 0 Å². The summed E-state index contributed by atoms with van der Waals surface area (Å²) in [6.45, 7) is 6.01. The molecule has 23 heavy (non-hydrogen) atoms. The largest absolute Gasteiger partial charge is 0.412 e. The number of rotatable bonds is 3. The van der Waals surface area contributed by atoms with Crippen LogP contribution in [0.1, 0.15) is 27.4 Å². The molecule has 0 radical (unpaired) electrons. The lowest BCUT2D eigenvalue weighted by atomic mass is 10.1. The van der Waals surface area contributed by atoms with E-state index in [1.807, 2.05) is 63.2 Å². The number of hydrogen-bond acceptors (Lipinski definition) is 4. The summed E-state index contributed by atoms with van der Waals surface area (Å²) >= 11 is 0. The predicted octanol–water partition coefficient (Wildman–Crippen LogP) is 3.91. The molecule has 0 unspecified atom stereocenters. The van der Waals surface area contributed by atoms with Crippen molar-refractivity contribution >= 4 is 11.6 Å². The second-order valence-electron chi connectivity index (χ2n) is 5.53. The van der Waals surface area contributed by atoms with Crippen LogP contribution in [0.3, 0.4) is 0 Å². The highest BCUT2D eigenvalue weighted by Crippen LogP contribution is 2.19. The number of nitrogens with one attached hydrogen (secondary N) is 1. The average molecular weight is 307 g/mol. The third-order valence-corrected chi connectivity index (χ3v) is 3.68. The molecule has 1 amide bonds. The van der Waals surface area contributed by atoms with Crippen molar-refractivity contribution in [2.45, 2.75) is 20.8 Å². The van der Waals surface area contributed by atoms with Gasteiger partial charge in [-0.05, 0) is 56.2 Å². The van der Waals surface area contributed by atoms with Gasteiger partial charge in [-0.1, -0.05) is 23.8 Å². The summed E-state index contributed by atoms with van der Waals surface area (Å²) in [5.74, 6) is -0.145. The number of benzene rings is 2. The van der Waals surface area contributed by atoms with Crippen LogP contribution < -0.4 is 5.32 Å². The van der Waals surface area contributed by atoms with Gasteiger partial charge in [0.05, 0.1) is 0 Å². The van der Waals surface area contributed by atoms with Crippen LogP contribution in [0.15, 0.2) is 46.9 Å². The van der Waals surface area contributed by atoms with Gasteiger partial charge in [0, 0.05) is 11.3 Å². The Hall–Kier alpha value is -2.95. The average Bonchev–Trinajstić information content (AvgIpc) is 3.02. The van der Waals surface area contributed by atoms with Crippen LogP contribution in [0, 0.1) is 20.8 Å². The standard InChI is InChI=1S/C18H17N3O2/c1-11-4-7-14(8-5-11)17-20-21-18(23-17)16(22)19-15-9-6-12(2)13(3)10-15/h4-10H,1-3H3,(H,19,22). The zero-order chi connectivity index (χ0) is 16.4. The van der Waals surface area contributed by atoms with Crippen molar-refractivity contribution < 1.29 is 9.21 Å². The number of aryl methyl sites for hydroxylation is 3. The highest BCUT2D eigenvalue weighted by molar-refractivity contribution is 6.01. The van der Waals surface area contributed by atoms with Gasteiger partial charge in [-0.15, -0.1) is 10.2 Å². The summed E-state index contributed by atoms with van der Waals surface area (Å²) in [7, 11) is 0. The quantitative estimate of drug-likeness (QED) is 0.796. The van der Waals surface area contributed by atoms with E-state index in [0.29, 0.717) is 11.6 Å². The molecule has 0 atom stereocenters. The van der Waals surface area contributed by atoms with Gasteiger partial charge < -0.3 is 9.73 Å². The van der Waals surface area contributed by atoms with Crippen LogP contribution in [-0.2, 0) is 0 Å². The van der Waals surface area contributed by atoms with E-state index in [9.17, 15) is 4.79 Å². The number of carbonyl (C=O) groups is 1. The van der Waals surface area contributed by atoms with Gasteiger partial charge in [0.1, 0.15) is 0 Å². The summed E-state index contributed by atoms with van der Waals surface area (Å²) in [6, 6.07) is 13.4. The van der Waals surface area contributed by atoms with E-state index in [0.717, 1.165) is 16.7 Å². The lowest BCUT2D eigenvalue weighted by Gasteiger charge is -2.05. The van der Waals surface area contributed by atoms with Crippen molar-refractivity contribution in [3.8, 4) is 11.5 Å². The van der Waals surface area contributed by atoms with Crippen LogP contribution >= 0.6 is 0 Å². The Labute approximate surface area is 134 Å². The maximum atomic E-state index is 12.2. The molecule has 0 aliphatic carbocycles. The van der Waals surface area contributed by atoms with Gasteiger partial charge in [0.25, 0.3) is 0 Å². The zero-order valence-electron chi connectivity index (χ0n) is 13.3. The third kappa shape index (κ3) is 3.29. The van der Waals surface area contributed by atoms with Gasteiger partial charge in [0.2, 0.25) is 5.89 Å². The molecule has 5 nitrogen and oxygen atoms in total. The molecule has 0 aliphatic rings. The fourth-order valence-electron chi connectivity index (χ4n) is 2.13. The molecular formula is C18H17N3O2. The first-order valence-corrected chi connectivity index (χ1v) is 7.32. The van der Waals surface area contributed by atoms with E-state index in [2.05, 4.69) is 15.5 Å². The number of hydrogen-bond donors (Lipinski definition) is 1. The topological polar surface area (TPSA) is 68.0 Å². The Morgan fingerprint density at radius 1 is 0.957 bits per heavy atom. The molecule has 0 aliphatic heterocycles. The monoisotopic (exact) mass is 307 g/mol. The molecule has 1 heterocycles. The molecule has 116 valence electrons. The Bertz CT molecular complexity index is 851. The van der Waals surface area contributed by atoms with E-state index < -0.39 is 5.91 Å². The second-order valence-corrected chi connectivity index (χ2v) is 5.53. The molecule has 2 aromatic carbocycles. The molecule has 0 bridgehead atoms. The maximum absolute atomic E-state index is 12.2. The number of amides is 1. The number of aromatic nitrogens is 2. The normalized spacial score (nSPS) is 10.6. The maximum Gasteiger partial charge on any atom is 0.313 e. The lowest BCUT2D eigenvalue weighted by molar-refractivity contribution is 0.0991. The van der Waals surface area contributed by atoms with Gasteiger partial charge in [-0.3, -0.25) is 4.79 Å². The molecule has 0 saturated heterocycles. The molecule has 0 spiro atoms. The van der Waals surface area contributed by atoms with E-state index in [1.165, 1.54) is 5.56 Å². The minimum absolute atomic E-state index is 0.0567. The van der Waals surface area contributed by atoms with Crippen molar-refractivity contribution in [2.75, 3.05) is 5.32 Å². The summed E-state index contributed by atoms with van der Waals surface area (Å²) in [5, 5.41) is 10.5. The molecule has 0 fully saturated rings. The van der Waals surface area contributed by atoms with Crippen molar-refractivity contribution in [1.82, 2.24) is 10.2 Å². The Morgan fingerprint density at radius 2 is 1.70 bits per heavy atom. The zero-order valence-corrected chi connectivity index (χ0v) is 13.3. The van der Waals surface area contributed by atoms with Crippen molar-refractivity contribution in [2.24, 2.45) is 0 Å². The summed E-state index contributed by atoms with van der Waals surface area (Å²) < 4.78 is 5.46. The third-order valence-electron chi connectivity index (χ3n) is 3.68. The predicted molar refractivity (Wildman–Crippen MR) is 88.3 cm³/mol. The van der Waals surface area contributed by atoms with Crippen LogP contribution in [0.25, 0.3) is 11.5 Å². The summed E-state index contributed by atoms with van der Waals surface area (Å²) in [6.07, 6.45) is 0. The van der Waals surface area contributed by atoms with Gasteiger partial charge in [-0.25, -0.2) is 0 Å². The van der Waals surface area contributed by atoms with Crippen LogP contribution in [-0.4, -0.2) is 16.1 Å². The highest BCUT2D eigenvalue weighted by atomic mass is 16.4. The van der Waals surface area contributed by atoms with Crippen molar-refractivity contribution in [3.05, 3.63) is 65.0 Å². The molecule has 3 rings (SSSR count). The van der Waals surface area contributed by atoms with E-state index >= 15 is 0 Å². The Morgan fingerprint density at radius 3 is 2.39 bits per heavy atom. The first kappa shape index (κ1) is 15.0. The van der Waals surface area contributed by atoms with Crippen LogP contribution in [0.4, 0.5) is 5.69 Å².